The van der Waals surface area contributed by atoms with E-state index in [1.165, 1.54) is 11.8 Å². The van der Waals surface area contributed by atoms with E-state index in [1.54, 1.807) is 6.26 Å². The molecule has 0 spiro atoms. The topological polar surface area (TPSA) is 38.4 Å². The second-order valence-electron chi connectivity index (χ2n) is 1.13. The summed E-state index contributed by atoms with van der Waals surface area (Å²) in [5.74, 6) is -0.645. The van der Waals surface area contributed by atoms with Gasteiger partial charge in [-0.3, -0.25) is 0 Å². The largest absolute Gasteiger partial charge is 0.404 e. The molecule has 9 heavy (non-hydrogen) atoms. The van der Waals surface area contributed by atoms with E-state index in [2.05, 4.69) is 17.2 Å². The molecule has 0 heterocycles. The second-order valence-corrected chi connectivity index (χ2v) is 2.17. The van der Waals surface area contributed by atoms with Gasteiger partial charge < -0.3 is 5.73 Å². The molecule has 52 valence electrons. The van der Waals surface area contributed by atoms with Gasteiger partial charge in [-0.2, -0.15) is 8.79 Å². The Morgan fingerprint density at radius 2 is 2.44 bits per heavy atom. The normalized spacial score (nSPS) is 14.1. The Morgan fingerprint density at radius 3 is 2.56 bits per heavy atom. The summed E-state index contributed by atoms with van der Waals surface area (Å²) in [5, 5.41) is 0. The Balaban J connectivity index is 4.14. The second kappa shape index (κ2) is 4.69. The summed E-state index contributed by atoms with van der Waals surface area (Å²) in [5.41, 5.74) is 5.02. The van der Waals surface area contributed by atoms with E-state index >= 15 is 0 Å². The van der Waals surface area contributed by atoms with Gasteiger partial charge >= 0.3 is 0 Å². The van der Waals surface area contributed by atoms with Crippen LogP contribution in [-0.2, 0) is 0 Å². The summed E-state index contributed by atoms with van der Waals surface area (Å²) >= 11 is 4.55. The predicted molar refractivity (Wildman–Crippen MR) is 43.3 cm³/mol. The van der Waals surface area contributed by atoms with E-state index in [-0.39, 0.29) is 0 Å². The molecule has 0 aromatic carbocycles. The average Bonchev–Trinajstić information content (AvgIpc) is 1.90. The molecule has 0 saturated carbocycles. The predicted octanol–water partition coefficient (Wildman–Crippen LogP) is 1.36. The third-order valence-electron chi connectivity index (χ3n) is 0.662. The van der Waals surface area contributed by atoms with Gasteiger partial charge in [0.2, 0.25) is 5.97 Å². The minimum Gasteiger partial charge on any atom is -0.404 e. The number of nitrogens with two attached hydrogens (primary N) is 1. The van der Waals surface area contributed by atoms with Crippen molar-refractivity contribution in [2.24, 2.45) is 10.1 Å². The van der Waals surface area contributed by atoms with Crippen molar-refractivity contribution < 1.29 is 4.39 Å². The van der Waals surface area contributed by atoms with Crippen molar-refractivity contribution in [3.63, 3.8) is 0 Å². The zero-order valence-electron chi connectivity index (χ0n) is 4.84. The molecule has 2 N–H and O–H groups in total. The molecule has 0 rings (SSSR count). The Morgan fingerprint density at radius 1 is 1.89 bits per heavy atom. The number of hydrogen-bond acceptors (Lipinski definition) is 4. The van der Waals surface area contributed by atoms with E-state index in [0.29, 0.717) is 4.91 Å². The summed E-state index contributed by atoms with van der Waals surface area (Å²) in [6.07, 6.45) is 2.86. The van der Waals surface area contributed by atoms with Gasteiger partial charge in [-0.1, -0.05) is 0 Å². The lowest BCUT2D eigenvalue weighted by atomic mass is 10.6. The first-order valence-corrected chi connectivity index (χ1v) is 3.72. The molecule has 0 atom stereocenters. The number of allylic oxidation sites excluding steroid dienone is 1. The molecule has 0 fully saturated rings. The maximum absolute atomic E-state index is 12.3. The van der Waals surface area contributed by atoms with Crippen LogP contribution >= 0.6 is 24.6 Å². The summed E-state index contributed by atoms with van der Waals surface area (Å²) < 4.78 is 15.3. The van der Waals surface area contributed by atoms with Crippen molar-refractivity contribution in [1.29, 1.82) is 0 Å². The average molecular weight is 166 g/mol. The molecule has 0 aliphatic heterocycles. The van der Waals surface area contributed by atoms with Crippen LogP contribution in [-0.4, -0.2) is 12.2 Å². The Bertz CT molecular complexity index is 144. The third kappa shape index (κ3) is 2.76. The molecule has 0 aromatic heterocycles. The van der Waals surface area contributed by atoms with Crippen molar-refractivity contribution in [2.45, 2.75) is 0 Å². The van der Waals surface area contributed by atoms with Crippen LogP contribution in [0.15, 0.2) is 15.5 Å². The monoisotopic (exact) mass is 166 g/mol. The fraction of sp³-hybridized carbons (Fsp3) is 0.250. The van der Waals surface area contributed by atoms with Gasteiger partial charge in [0.15, 0.2) is 0 Å². The van der Waals surface area contributed by atoms with Crippen LogP contribution in [0.5, 0.6) is 0 Å². The third-order valence-corrected chi connectivity index (χ3v) is 1.58. The van der Waals surface area contributed by atoms with Crippen LogP contribution in [0.25, 0.3) is 0 Å². The zero-order valence-corrected chi connectivity index (χ0v) is 6.55. The molecular formula is C4H7FN2S2. The van der Waals surface area contributed by atoms with Crippen LogP contribution < -0.4 is 5.73 Å². The maximum atomic E-state index is 12.3. The highest BCUT2D eigenvalue weighted by Crippen LogP contribution is 2.13. The van der Waals surface area contributed by atoms with E-state index in [9.17, 15) is 4.39 Å². The molecule has 0 amide bonds. The van der Waals surface area contributed by atoms with Gasteiger partial charge in [0.05, 0.1) is 4.91 Å². The number of thioether (sulfide) groups is 1. The van der Waals surface area contributed by atoms with E-state index in [0.717, 1.165) is 6.20 Å². The van der Waals surface area contributed by atoms with Gasteiger partial charge in [0, 0.05) is 6.20 Å². The fourth-order valence-corrected chi connectivity index (χ4v) is 0.796. The summed E-state index contributed by atoms with van der Waals surface area (Å²) in [6, 6.07) is 0. The molecule has 0 aliphatic carbocycles. The molecule has 5 heteroatoms. The van der Waals surface area contributed by atoms with Crippen molar-refractivity contribution in [3.8, 4) is 0 Å². The van der Waals surface area contributed by atoms with Crippen LogP contribution in [0.2, 0.25) is 0 Å². The van der Waals surface area contributed by atoms with Gasteiger partial charge in [0.25, 0.3) is 0 Å². The van der Waals surface area contributed by atoms with Crippen molar-refractivity contribution >= 4 is 30.5 Å². The van der Waals surface area contributed by atoms with Crippen molar-refractivity contribution in [2.75, 3.05) is 6.26 Å². The summed E-state index contributed by atoms with van der Waals surface area (Å²) in [6.45, 7) is 0. The first-order chi connectivity index (χ1) is 4.26. The summed E-state index contributed by atoms with van der Waals surface area (Å²) in [4.78, 5) is 0.296. The zero-order chi connectivity index (χ0) is 7.28. The molecule has 0 saturated heterocycles. The lowest BCUT2D eigenvalue weighted by Crippen LogP contribution is -1.93. The van der Waals surface area contributed by atoms with Crippen LogP contribution in [0, 0.1) is 0 Å². The SMILES string of the molecule is CSC(=C/N)/C(F)=N/S. The van der Waals surface area contributed by atoms with E-state index in [4.69, 9.17) is 5.73 Å². The van der Waals surface area contributed by atoms with Crippen molar-refractivity contribution in [1.82, 2.24) is 0 Å². The number of hydrogen-bond donors (Lipinski definition) is 2. The lowest BCUT2D eigenvalue weighted by Gasteiger charge is -1.93. The fourth-order valence-electron chi connectivity index (χ4n) is 0.270. The highest BCUT2D eigenvalue weighted by molar-refractivity contribution is 8.03. The molecular weight excluding hydrogens is 159 g/mol. The minimum absolute atomic E-state index is 0.296. The highest BCUT2D eigenvalue weighted by Gasteiger charge is 2.00. The number of halogens is 1. The minimum atomic E-state index is -0.645. The molecule has 2 nitrogen and oxygen atoms in total. The molecule has 0 bridgehead atoms. The van der Waals surface area contributed by atoms with Gasteiger partial charge in [0.1, 0.15) is 0 Å². The Hall–Kier alpha value is -0.160. The molecule has 0 aliphatic rings. The Kier molecular flexibility index (Phi) is 4.61. The Labute approximate surface area is 63.0 Å². The number of rotatable bonds is 2. The van der Waals surface area contributed by atoms with Gasteiger partial charge in [-0.15, -0.1) is 11.8 Å². The van der Waals surface area contributed by atoms with Crippen molar-refractivity contribution in [3.05, 3.63) is 11.1 Å². The van der Waals surface area contributed by atoms with Gasteiger partial charge in [-0.25, -0.2) is 0 Å². The summed E-state index contributed by atoms with van der Waals surface area (Å²) in [7, 11) is 0. The van der Waals surface area contributed by atoms with Crippen LogP contribution in [0.3, 0.4) is 0 Å². The lowest BCUT2D eigenvalue weighted by molar-refractivity contribution is 0.816. The highest BCUT2D eigenvalue weighted by atomic mass is 32.2. The smallest absolute Gasteiger partial charge is 0.234 e. The van der Waals surface area contributed by atoms with E-state index in [1.807, 2.05) is 0 Å². The quantitative estimate of drug-likeness (QED) is 0.480. The number of nitrogens with zero attached hydrogens (tertiary/aromatic N) is 1. The standard InChI is InChI=1S/C4H7FN2S2/c1-9-3(2-6)4(5)7-8/h2,8H,6H2,1H3/b3-2+,7-4-. The van der Waals surface area contributed by atoms with E-state index < -0.39 is 5.97 Å². The molecule has 0 unspecified atom stereocenters. The first-order valence-electron chi connectivity index (χ1n) is 2.10. The van der Waals surface area contributed by atoms with Crippen LogP contribution in [0.4, 0.5) is 4.39 Å². The number of thiol groups is 1. The maximum Gasteiger partial charge on any atom is 0.234 e. The van der Waals surface area contributed by atoms with Gasteiger partial charge in [-0.05, 0) is 19.1 Å². The molecule has 0 aromatic rings. The first kappa shape index (κ1) is 8.84. The van der Waals surface area contributed by atoms with Crippen LogP contribution in [0.1, 0.15) is 0 Å². The molecule has 0 radical (unpaired) electrons.